The topological polar surface area (TPSA) is 29.5 Å². The van der Waals surface area contributed by atoms with E-state index in [1.807, 2.05) is 24.3 Å². The van der Waals surface area contributed by atoms with E-state index in [1.54, 1.807) is 6.07 Å². The molecule has 110 valence electrons. The highest BCUT2D eigenvalue weighted by Gasteiger charge is 2.21. The predicted molar refractivity (Wildman–Crippen MR) is 88.5 cm³/mol. The van der Waals surface area contributed by atoms with Gasteiger partial charge < -0.3 is 9.84 Å². The molecule has 0 spiro atoms. The van der Waals surface area contributed by atoms with E-state index in [9.17, 15) is 5.11 Å². The van der Waals surface area contributed by atoms with Gasteiger partial charge in [0.2, 0.25) is 0 Å². The second-order valence-electron chi connectivity index (χ2n) is 5.04. The van der Waals surface area contributed by atoms with Crippen LogP contribution in [0.15, 0.2) is 34.8 Å². The molecule has 1 aliphatic heterocycles. The standard InChI is InChI=1S/C16H13BrCl2O2/c17-11-1-2-14(19)13(8-11)15(20)7-10-6-12(18)5-9-3-4-21-16(9)10/h1-2,5-6,8,15,20H,3-4,7H2. The average Bonchev–Trinajstić information content (AvgIpc) is 2.89. The highest BCUT2D eigenvalue weighted by atomic mass is 79.9. The van der Waals surface area contributed by atoms with Crippen LogP contribution in [0, 0.1) is 0 Å². The predicted octanol–water partition coefficient (Wildman–Crippen LogP) is 4.97. The van der Waals surface area contributed by atoms with Gasteiger partial charge in [-0.2, -0.15) is 0 Å². The number of aliphatic hydroxyl groups is 1. The normalized spacial score (nSPS) is 14.7. The first-order chi connectivity index (χ1) is 10.0. The molecule has 21 heavy (non-hydrogen) atoms. The van der Waals surface area contributed by atoms with Crippen LogP contribution in [0.4, 0.5) is 0 Å². The molecular formula is C16H13BrCl2O2. The molecule has 0 aromatic heterocycles. The lowest BCUT2D eigenvalue weighted by Gasteiger charge is -2.15. The molecule has 0 saturated heterocycles. The second kappa shape index (κ2) is 6.17. The van der Waals surface area contributed by atoms with E-state index in [2.05, 4.69) is 15.9 Å². The van der Waals surface area contributed by atoms with Crippen molar-refractivity contribution >= 4 is 39.1 Å². The maximum Gasteiger partial charge on any atom is 0.126 e. The number of rotatable bonds is 3. The van der Waals surface area contributed by atoms with Gasteiger partial charge in [-0.1, -0.05) is 39.1 Å². The van der Waals surface area contributed by atoms with Crippen LogP contribution < -0.4 is 4.74 Å². The molecule has 0 saturated carbocycles. The van der Waals surface area contributed by atoms with Crippen LogP contribution in [0.1, 0.15) is 22.8 Å². The zero-order valence-corrected chi connectivity index (χ0v) is 14.2. The van der Waals surface area contributed by atoms with Crippen molar-refractivity contribution in [1.82, 2.24) is 0 Å². The second-order valence-corrected chi connectivity index (χ2v) is 6.80. The van der Waals surface area contributed by atoms with E-state index in [0.717, 1.165) is 27.8 Å². The summed E-state index contributed by atoms with van der Waals surface area (Å²) in [6.45, 7) is 0.663. The molecule has 0 bridgehead atoms. The molecule has 3 rings (SSSR count). The Balaban J connectivity index is 1.92. The van der Waals surface area contributed by atoms with Gasteiger partial charge in [-0.05, 0) is 41.5 Å². The van der Waals surface area contributed by atoms with Gasteiger partial charge in [0.15, 0.2) is 0 Å². The van der Waals surface area contributed by atoms with Crippen molar-refractivity contribution in [1.29, 1.82) is 0 Å². The summed E-state index contributed by atoms with van der Waals surface area (Å²) in [6, 6.07) is 9.22. The van der Waals surface area contributed by atoms with Crippen LogP contribution in [0.2, 0.25) is 10.0 Å². The largest absolute Gasteiger partial charge is 0.493 e. The molecule has 1 unspecified atom stereocenters. The molecule has 0 aliphatic carbocycles. The molecule has 1 N–H and O–H groups in total. The Kier molecular flexibility index (Phi) is 4.46. The van der Waals surface area contributed by atoms with Gasteiger partial charge in [-0.15, -0.1) is 0 Å². The number of hydrogen-bond donors (Lipinski definition) is 1. The Morgan fingerprint density at radius 1 is 1.24 bits per heavy atom. The maximum absolute atomic E-state index is 10.5. The molecular weight excluding hydrogens is 375 g/mol. The van der Waals surface area contributed by atoms with Crippen molar-refractivity contribution in [2.75, 3.05) is 6.61 Å². The van der Waals surface area contributed by atoms with E-state index < -0.39 is 6.10 Å². The summed E-state index contributed by atoms with van der Waals surface area (Å²) in [5, 5.41) is 11.7. The zero-order valence-electron chi connectivity index (χ0n) is 11.1. The quantitative estimate of drug-likeness (QED) is 0.805. The minimum Gasteiger partial charge on any atom is -0.493 e. The molecule has 0 radical (unpaired) electrons. The smallest absolute Gasteiger partial charge is 0.126 e. The van der Waals surface area contributed by atoms with Gasteiger partial charge in [0, 0.05) is 32.9 Å². The third-order valence-corrected chi connectivity index (χ3v) is 4.61. The highest BCUT2D eigenvalue weighted by molar-refractivity contribution is 9.10. The lowest BCUT2D eigenvalue weighted by molar-refractivity contribution is 0.177. The van der Waals surface area contributed by atoms with Crippen molar-refractivity contribution in [2.45, 2.75) is 18.9 Å². The molecule has 5 heteroatoms. The zero-order chi connectivity index (χ0) is 15.0. The minimum atomic E-state index is -0.707. The monoisotopic (exact) mass is 386 g/mol. The third-order valence-electron chi connectivity index (χ3n) is 3.56. The Morgan fingerprint density at radius 2 is 2.05 bits per heavy atom. The fourth-order valence-corrected chi connectivity index (χ4v) is 3.47. The lowest BCUT2D eigenvalue weighted by Crippen LogP contribution is -2.04. The number of hydrogen-bond acceptors (Lipinski definition) is 2. The SMILES string of the molecule is OC(Cc1cc(Cl)cc2c1OCC2)c1cc(Br)ccc1Cl. The van der Waals surface area contributed by atoms with E-state index in [-0.39, 0.29) is 0 Å². The van der Waals surface area contributed by atoms with Crippen molar-refractivity contribution in [3.63, 3.8) is 0 Å². The number of aliphatic hydroxyl groups excluding tert-OH is 1. The van der Waals surface area contributed by atoms with Gasteiger partial charge >= 0.3 is 0 Å². The Labute approximate surface area is 141 Å². The number of benzene rings is 2. The molecule has 0 fully saturated rings. The van der Waals surface area contributed by atoms with Crippen LogP contribution in [0.5, 0.6) is 5.75 Å². The van der Waals surface area contributed by atoms with Crippen LogP contribution in [0.25, 0.3) is 0 Å². The van der Waals surface area contributed by atoms with Crippen LogP contribution in [-0.4, -0.2) is 11.7 Å². The van der Waals surface area contributed by atoms with Crippen LogP contribution in [-0.2, 0) is 12.8 Å². The summed E-state index contributed by atoms with van der Waals surface area (Å²) in [4.78, 5) is 0. The van der Waals surface area contributed by atoms with Crippen molar-refractivity contribution in [2.24, 2.45) is 0 Å². The van der Waals surface area contributed by atoms with Crippen LogP contribution >= 0.6 is 39.1 Å². The fraction of sp³-hybridized carbons (Fsp3) is 0.250. The van der Waals surface area contributed by atoms with E-state index >= 15 is 0 Å². The molecule has 0 amide bonds. The third kappa shape index (κ3) is 3.21. The molecule has 2 aromatic carbocycles. The number of ether oxygens (including phenoxy) is 1. The maximum atomic E-state index is 10.5. The van der Waals surface area contributed by atoms with Crippen molar-refractivity contribution < 1.29 is 9.84 Å². The van der Waals surface area contributed by atoms with Crippen molar-refractivity contribution in [3.8, 4) is 5.75 Å². The average molecular weight is 388 g/mol. The first kappa shape index (κ1) is 15.2. The number of fused-ring (bicyclic) bond motifs is 1. The van der Waals surface area contributed by atoms with Crippen molar-refractivity contribution in [3.05, 3.63) is 61.5 Å². The summed E-state index contributed by atoms with van der Waals surface area (Å²) in [5.41, 5.74) is 2.71. The molecule has 1 atom stereocenters. The van der Waals surface area contributed by atoms with Gasteiger partial charge in [0.05, 0.1) is 12.7 Å². The number of halogens is 3. The van der Waals surface area contributed by atoms with Gasteiger partial charge in [0.25, 0.3) is 0 Å². The first-order valence-corrected chi connectivity index (χ1v) is 8.16. The summed E-state index contributed by atoms with van der Waals surface area (Å²) < 4.78 is 6.55. The highest BCUT2D eigenvalue weighted by Crippen LogP contribution is 2.36. The summed E-state index contributed by atoms with van der Waals surface area (Å²) >= 11 is 15.7. The van der Waals surface area contributed by atoms with Gasteiger partial charge in [-0.3, -0.25) is 0 Å². The fourth-order valence-electron chi connectivity index (χ4n) is 2.59. The Morgan fingerprint density at radius 3 is 2.86 bits per heavy atom. The Bertz CT molecular complexity index is 688. The molecule has 2 nitrogen and oxygen atoms in total. The molecule has 1 aliphatic rings. The minimum absolute atomic E-state index is 0.416. The molecule has 1 heterocycles. The van der Waals surface area contributed by atoms with E-state index in [4.69, 9.17) is 27.9 Å². The van der Waals surface area contributed by atoms with Gasteiger partial charge in [0.1, 0.15) is 5.75 Å². The van der Waals surface area contributed by atoms with Crippen LogP contribution in [0.3, 0.4) is 0 Å². The van der Waals surface area contributed by atoms with E-state index in [1.165, 1.54) is 0 Å². The first-order valence-electron chi connectivity index (χ1n) is 6.61. The summed E-state index contributed by atoms with van der Waals surface area (Å²) in [6.07, 6.45) is 0.567. The van der Waals surface area contributed by atoms with Gasteiger partial charge in [-0.25, -0.2) is 0 Å². The summed E-state index contributed by atoms with van der Waals surface area (Å²) in [7, 11) is 0. The van der Waals surface area contributed by atoms with E-state index in [0.29, 0.717) is 28.6 Å². The summed E-state index contributed by atoms with van der Waals surface area (Å²) in [5.74, 6) is 0.851. The Hall–Kier alpha value is -0.740. The molecule has 2 aromatic rings. The lowest BCUT2D eigenvalue weighted by atomic mass is 9.98.